The lowest BCUT2D eigenvalue weighted by Gasteiger charge is -2.36. The highest BCUT2D eigenvalue weighted by Gasteiger charge is 2.32. The Morgan fingerprint density at radius 3 is 2.89 bits per heavy atom. The molecule has 0 saturated carbocycles. The highest BCUT2D eigenvalue weighted by atomic mass is 79.9. The third-order valence-electron chi connectivity index (χ3n) is 2.97. The molecule has 1 unspecified atom stereocenters. The van der Waals surface area contributed by atoms with Crippen LogP contribution in [0.4, 0.5) is 5.69 Å². The first-order valence-corrected chi connectivity index (χ1v) is 9.56. The van der Waals surface area contributed by atoms with Gasteiger partial charge in [-0.2, -0.15) is 17.0 Å². The minimum Gasteiger partial charge on any atom is -0.352 e. The number of halogens is 1. The van der Waals surface area contributed by atoms with Crippen LogP contribution in [0.1, 0.15) is 5.56 Å². The van der Waals surface area contributed by atoms with E-state index in [0.717, 1.165) is 10.2 Å². The standard InChI is InChI=1S/C12H13BrN2O2S2/c1-19(16,17)12-8-18-5-4-15(12)11-6-10(13)3-2-9(11)7-14/h2-3,6,12H,4-5,8H2,1H3. The van der Waals surface area contributed by atoms with Crippen LogP contribution in [0.2, 0.25) is 0 Å². The molecule has 1 heterocycles. The number of nitrogens with zero attached hydrogens (tertiary/aromatic N) is 2. The van der Waals surface area contributed by atoms with Crippen molar-refractivity contribution in [3.63, 3.8) is 0 Å². The summed E-state index contributed by atoms with van der Waals surface area (Å²) in [6.45, 7) is 0.632. The van der Waals surface area contributed by atoms with E-state index in [-0.39, 0.29) is 0 Å². The molecule has 2 rings (SSSR count). The Morgan fingerprint density at radius 1 is 1.53 bits per heavy atom. The average molecular weight is 361 g/mol. The van der Waals surface area contributed by atoms with Crippen LogP contribution in [0, 0.1) is 11.3 Å². The number of sulfone groups is 1. The van der Waals surface area contributed by atoms with E-state index >= 15 is 0 Å². The summed E-state index contributed by atoms with van der Waals surface area (Å²) in [7, 11) is -3.18. The van der Waals surface area contributed by atoms with Crippen LogP contribution in [0.15, 0.2) is 22.7 Å². The summed E-state index contributed by atoms with van der Waals surface area (Å²) in [5, 5.41) is 8.62. The number of thioether (sulfide) groups is 1. The molecule has 102 valence electrons. The van der Waals surface area contributed by atoms with E-state index < -0.39 is 15.2 Å². The molecule has 0 N–H and O–H groups in total. The fourth-order valence-electron chi connectivity index (χ4n) is 2.05. The number of rotatable bonds is 2. The zero-order valence-electron chi connectivity index (χ0n) is 10.3. The summed E-state index contributed by atoms with van der Waals surface area (Å²) < 4.78 is 24.6. The van der Waals surface area contributed by atoms with Gasteiger partial charge in [0.05, 0.1) is 11.3 Å². The van der Waals surface area contributed by atoms with Gasteiger partial charge in [-0.25, -0.2) is 8.42 Å². The molecular weight excluding hydrogens is 348 g/mol. The number of benzene rings is 1. The van der Waals surface area contributed by atoms with Crippen LogP contribution in [0.3, 0.4) is 0 Å². The molecule has 0 radical (unpaired) electrons. The van der Waals surface area contributed by atoms with E-state index in [9.17, 15) is 13.7 Å². The zero-order valence-corrected chi connectivity index (χ0v) is 13.6. The number of hydrogen-bond donors (Lipinski definition) is 0. The lowest BCUT2D eigenvalue weighted by molar-refractivity contribution is 0.584. The van der Waals surface area contributed by atoms with Crippen molar-refractivity contribution in [1.29, 1.82) is 5.26 Å². The van der Waals surface area contributed by atoms with Gasteiger partial charge in [0.15, 0.2) is 9.84 Å². The second-order valence-electron chi connectivity index (χ2n) is 4.33. The third kappa shape index (κ3) is 3.25. The lowest BCUT2D eigenvalue weighted by Crippen LogP contribution is -2.47. The molecule has 1 aliphatic rings. The second-order valence-corrected chi connectivity index (χ2v) is 8.59. The Balaban J connectivity index is 2.49. The highest BCUT2D eigenvalue weighted by molar-refractivity contribution is 9.10. The van der Waals surface area contributed by atoms with Crippen molar-refractivity contribution >= 4 is 43.2 Å². The van der Waals surface area contributed by atoms with E-state index in [2.05, 4.69) is 22.0 Å². The summed E-state index contributed by atoms with van der Waals surface area (Å²) in [4.78, 5) is 1.83. The van der Waals surface area contributed by atoms with Crippen molar-refractivity contribution in [2.45, 2.75) is 5.37 Å². The quantitative estimate of drug-likeness (QED) is 0.809. The molecule has 0 aliphatic carbocycles. The van der Waals surface area contributed by atoms with Crippen LogP contribution in [-0.4, -0.2) is 38.1 Å². The fraction of sp³-hybridized carbons (Fsp3) is 0.417. The van der Waals surface area contributed by atoms with Gasteiger partial charge >= 0.3 is 0 Å². The first-order valence-electron chi connectivity index (χ1n) is 5.66. The SMILES string of the molecule is CS(=O)(=O)C1CSCCN1c1cc(Br)ccc1C#N. The zero-order chi connectivity index (χ0) is 14.0. The van der Waals surface area contributed by atoms with Crippen molar-refractivity contribution in [3.05, 3.63) is 28.2 Å². The average Bonchev–Trinajstić information content (AvgIpc) is 2.37. The lowest BCUT2D eigenvalue weighted by atomic mass is 10.1. The third-order valence-corrected chi connectivity index (χ3v) is 6.11. The molecule has 1 aromatic carbocycles. The van der Waals surface area contributed by atoms with Crippen molar-refractivity contribution in [1.82, 2.24) is 0 Å². The molecule has 4 nitrogen and oxygen atoms in total. The maximum absolute atomic E-state index is 11.9. The largest absolute Gasteiger partial charge is 0.352 e. The van der Waals surface area contributed by atoms with Crippen LogP contribution in [0.25, 0.3) is 0 Å². The molecule has 0 bridgehead atoms. The molecule has 0 spiro atoms. The van der Waals surface area contributed by atoms with Gasteiger partial charge in [-0.3, -0.25) is 0 Å². The molecule has 1 aliphatic heterocycles. The number of hydrogen-bond acceptors (Lipinski definition) is 5. The minimum absolute atomic E-state index is 0.503. The minimum atomic E-state index is -3.18. The van der Waals surface area contributed by atoms with E-state index in [1.165, 1.54) is 6.26 Å². The van der Waals surface area contributed by atoms with Crippen LogP contribution in [-0.2, 0) is 9.84 Å². The second kappa shape index (κ2) is 5.73. The molecule has 19 heavy (non-hydrogen) atoms. The van der Waals surface area contributed by atoms with Crippen molar-refractivity contribution in [2.24, 2.45) is 0 Å². The Hall–Kier alpha value is -0.710. The van der Waals surface area contributed by atoms with E-state index in [4.69, 9.17) is 0 Å². The van der Waals surface area contributed by atoms with E-state index in [1.54, 1.807) is 23.9 Å². The molecule has 1 saturated heterocycles. The van der Waals surface area contributed by atoms with Gasteiger partial charge in [-0.05, 0) is 18.2 Å². The maximum Gasteiger partial charge on any atom is 0.169 e. The Labute approximate surface area is 125 Å². The predicted octanol–water partition coefficient (Wildman–Crippen LogP) is 2.24. The van der Waals surface area contributed by atoms with Crippen LogP contribution in [0.5, 0.6) is 0 Å². The van der Waals surface area contributed by atoms with E-state index in [1.807, 2.05) is 11.0 Å². The molecule has 1 aromatic rings. The maximum atomic E-state index is 11.9. The van der Waals surface area contributed by atoms with Crippen LogP contribution < -0.4 is 4.90 Å². The summed E-state index contributed by atoms with van der Waals surface area (Å²) >= 11 is 5.00. The fourth-order valence-corrected chi connectivity index (χ4v) is 5.23. The van der Waals surface area contributed by atoms with Gasteiger partial charge in [0.2, 0.25) is 0 Å². The normalized spacial score (nSPS) is 20.1. The van der Waals surface area contributed by atoms with Gasteiger partial charge in [-0.15, -0.1) is 0 Å². The highest BCUT2D eigenvalue weighted by Crippen LogP contribution is 2.31. The predicted molar refractivity (Wildman–Crippen MR) is 82.2 cm³/mol. The monoisotopic (exact) mass is 360 g/mol. The summed E-state index contributed by atoms with van der Waals surface area (Å²) in [5.41, 5.74) is 1.19. The Kier molecular flexibility index (Phi) is 4.43. The summed E-state index contributed by atoms with van der Waals surface area (Å²) in [5.74, 6) is 1.40. The molecule has 1 atom stereocenters. The summed E-state index contributed by atoms with van der Waals surface area (Å²) in [6, 6.07) is 7.44. The first-order chi connectivity index (χ1) is 8.93. The molecule has 7 heteroatoms. The summed E-state index contributed by atoms with van der Waals surface area (Å²) in [6.07, 6.45) is 1.25. The molecule has 1 fully saturated rings. The van der Waals surface area contributed by atoms with Crippen molar-refractivity contribution in [2.75, 3.05) is 29.2 Å². The van der Waals surface area contributed by atoms with Crippen molar-refractivity contribution < 1.29 is 8.42 Å². The van der Waals surface area contributed by atoms with Crippen LogP contribution >= 0.6 is 27.7 Å². The van der Waals surface area contributed by atoms with Gasteiger partial charge in [0, 0.05) is 28.8 Å². The van der Waals surface area contributed by atoms with Gasteiger partial charge in [-0.1, -0.05) is 15.9 Å². The molecule has 0 aromatic heterocycles. The van der Waals surface area contributed by atoms with Crippen molar-refractivity contribution in [3.8, 4) is 6.07 Å². The first kappa shape index (κ1) is 14.7. The molecule has 0 amide bonds. The number of nitriles is 1. The topological polar surface area (TPSA) is 61.2 Å². The Morgan fingerprint density at radius 2 is 2.26 bits per heavy atom. The Bertz CT molecular complexity index is 625. The number of anilines is 1. The smallest absolute Gasteiger partial charge is 0.169 e. The van der Waals surface area contributed by atoms with E-state index in [0.29, 0.717) is 23.5 Å². The van der Waals surface area contributed by atoms with Gasteiger partial charge in [0.25, 0.3) is 0 Å². The molecular formula is C12H13BrN2O2S2. The van der Waals surface area contributed by atoms with Gasteiger partial charge < -0.3 is 4.90 Å². The van der Waals surface area contributed by atoms with Gasteiger partial charge in [0.1, 0.15) is 11.4 Å².